The smallest absolute Gasteiger partial charge is 0.131 e. The number of hydrogen-bond acceptors (Lipinski definition) is 4. The molecule has 1 atom stereocenters. The molecule has 0 saturated carbocycles. The summed E-state index contributed by atoms with van der Waals surface area (Å²) in [5, 5.41) is 3.48. The summed E-state index contributed by atoms with van der Waals surface area (Å²) in [5.41, 5.74) is 1.97. The Labute approximate surface area is 151 Å². The van der Waals surface area contributed by atoms with Gasteiger partial charge in [-0.3, -0.25) is 9.88 Å². The van der Waals surface area contributed by atoms with E-state index in [1.54, 1.807) is 17.4 Å². The van der Waals surface area contributed by atoms with Gasteiger partial charge in [-0.05, 0) is 35.9 Å². The van der Waals surface area contributed by atoms with E-state index in [0.717, 1.165) is 31.1 Å². The Morgan fingerprint density at radius 1 is 1.12 bits per heavy atom. The van der Waals surface area contributed by atoms with Gasteiger partial charge in [0.25, 0.3) is 0 Å². The highest BCUT2D eigenvalue weighted by Crippen LogP contribution is 2.32. The lowest BCUT2D eigenvalue weighted by Gasteiger charge is -2.36. The zero-order valence-corrected chi connectivity index (χ0v) is 14.7. The molecule has 25 heavy (non-hydrogen) atoms. The van der Waals surface area contributed by atoms with Gasteiger partial charge in [-0.2, -0.15) is 0 Å². The van der Waals surface area contributed by atoms with E-state index in [1.807, 2.05) is 30.6 Å². The maximum atomic E-state index is 14.0. The van der Waals surface area contributed by atoms with Crippen molar-refractivity contribution in [3.05, 3.63) is 77.2 Å². The monoisotopic (exact) mass is 353 g/mol. The fourth-order valence-electron chi connectivity index (χ4n) is 3.32. The third kappa shape index (κ3) is 3.63. The second-order valence-electron chi connectivity index (χ2n) is 6.22. The van der Waals surface area contributed by atoms with Crippen LogP contribution < -0.4 is 5.32 Å². The molecule has 5 heteroatoms. The molecule has 2 aromatic heterocycles. The summed E-state index contributed by atoms with van der Waals surface area (Å²) in [7, 11) is 0. The number of hydrogen-bond donors (Lipinski definition) is 1. The first kappa shape index (κ1) is 16.4. The van der Waals surface area contributed by atoms with Crippen molar-refractivity contribution in [2.45, 2.75) is 12.6 Å². The third-order valence-electron chi connectivity index (χ3n) is 4.61. The molecule has 128 valence electrons. The average Bonchev–Trinajstić information content (AvgIpc) is 3.11. The molecule has 0 radical (unpaired) electrons. The average molecular weight is 353 g/mol. The molecule has 0 bridgehead atoms. The van der Waals surface area contributed by atoms with Crippen molar-refractivity contribution in [1.29, 1.82) is 0 Å². The van der Waals surface area contributed by atoms with Crippen LogP contribution in [0.4, 0.5) is 4.39 Å². The van der Waals surface area contributed by atoms with Crippen LogP contribution >= 0.6 is 11.3 Å². The van der Waals surface area contributed by atoms with Crippen LogP contribution in [0, 0.1) is 5.82 Å². The standard InChI is InChI=1S/C20H20FN3S/c21-18-4-2-1-3-17(18)20-6-5-16(25-20)14-24-12-11-23-13-19(24)15-7-9-22-10-8-15/h1-10,19,23H,11-14H2. The number of benzene rings is 1. The van der Waals surface area contributed by atoms with E-state index in [9.17, 15) is 4.39 Å². The van der Waals surface area contributed by atoms with Gasteiger partial charge in [0, 0.05) is 59.9 Å². The van der Waals surface area contributed by atoms with Gasteiger partial charge in [0.2, 0.25) is 0 Å². The summed E-state index contributed by atoms with van der Waals surface area (Å²) < 4.78 is 14.0. The maximum Gasteiger partial charge on any atom is 0.131 e. The molecule has 1 N–H and O–H groups in total. The van der Waals surface area contributed by atoms with Crippen molar-refractivity contribution in [3.8, 4) is 10.4 Å². The highest BCUT2D eigenvalue weighted by molar-refractivity contribution is 7.15. The zero-order valence-electron chi connectivity index (χ0n) is 13.9. The molecular weight excluding hydrogens is 333 g/mol. The van der Waals surface area contributed by atoms with Crippen molar-refractivity contribution < 1.29 is 4.39 Å². The molecule has 1 saturated heterocycles. The molecule has 3 aromatic rings. The van der Waals surface area contributed by atoms with Crippen molar-refractivity contribution >= 4 is 11.3 Å². The Morgan fingerprint density at radius 2 is 1.96 bits per heavy atom. The number of nitrogens with one attached hydrogen (secondary N) is 1. The van der Waals surface area contributed by atoms with E-state index in [-0.39, 0.29) is 5.82 Å². The third-order valence-corrected chi connectivity index (χ3v) is 5.71. The summed E-state index contributed by atoms with van der Waals surface area (Å²) >= 11 is 1.68. The highest BCUT2D eigenvalue weighted by Gasteiger charge is 2.24. The van der Waals surface area contributed by atoms with Crippen LogP contribution in [0.1, 0.15) is 16.5 Å². The summed E-state index contributed by atoms with van der Waals surface area (Å²) in [4.78, 5) is 8.86. The molecule has 0 aliphatic carbocycles. The Bertz CT molecular complexity index is 834. The number of pyridine rings is 1. The second kappa shape index (κ2) is 7.44. The fraction of sp³-hybridized carbons (Fsp3) is 0.250. The van der Waals surface area contributed by atoms with E-state index >= 15 is 0 Å². The molecule has 1 unspecified atom stereocenters. The van der Waals surface area contributed by atoms with Gasteiger partial charge in [-0.1, -0.05) is 18.2 Å². The Hall–Kier alpha value is -2.08. The number of thiophene rings is 1. The minimum Gasteiger partial charge on any atom is -0.314 e. The molecule has 0 amide bonds. The second-order valence-corrected chi connectivity index (χ2v) is 7.39. The van der Waals surface area contributed by atoms with E-state index < -0.39 is 0 Å². The summed E-state index contributed by atoms with van der Waals surface area (Å²) in [5.74, 6) is -0.160. The van der Waals surface area contributed by atoms with Crippen LogP contribution in [0.2, 0.25) is 0 Å². The predicted octanol–water partition coefficient (Wildman–Crippen LogP) is 4.10. The Balaban J connectivity index is 1.54. The zero-order chi connectivity index (χ0) is 17.1. The van der Waals surface area contributed by atoms with E-state index in [4.69, 9.17) is 0 Å². The summed E-state index contributed by atoms with van der Waals surface area (Å²) in [6, 6.07) is 15.6. The lowest BCUT2D eigenvalue weighted by Crippen LogP contribution is -2.45. The van der Waals surface area contributed by atoms with Gasteiger partial charge in [-0.15, -0.1) is 11.3 Å². The van der Waals surface area contributed by atoms with Crippen LogP contribution in [0.3, 0.4) is 0 Å². The minimum absolute atomic E-state index is 0.160. The van der Waals surface area contributed by atoms with Gasteiger partial charge in [0.15, 0.2) is 0 Å². The van der Waals surface area contributed by atoms with Crippen LogP contribution in [0.15, 0.2) is 60.9 Å². The minimum atomic E-state index is -0.160. The van der Waals surface area contributed by atoms with Gasteiger partial charge in [0.1, 0.15) is 5.82 Å². The van der Waals surface area contributed by atoms with Crippen molar-refractivity contribution in [3.63, 3.8) is 0 Å². The van der Waals surface area contributed by atoms with E-state index in [2.05, 4.69) is 33.4 Å². The first-order valence-electron chi connectivity index (χ1n) is 8.49. The molecule has 3 heterocycles. The van der Waals surface area contributed by atoms with Gasteiger partial charge in [-0.25, -0.2) is 4.39 Å². The molecule has 1 aliphatic heterocycles. The number of nitrogens with zero attached hydrogens (tertiary/aromatic N) is 2. The molecular formula is C20H20FN3S. The first-order valence-corrected chi connectivity index (χ1v) is 9.31. The van der Waals surface area contributed by atoms with Crippen LogP contribution in [-0.2, 0) is 6.54 Å². The van der Waals surface area contributed by atoms with Crippen LogP contribution in [0.25, 0.3) is 10.4 Å². The van der Waals surface area contributed by atoms with Crippen molar-refractivity contribution in [2.24, 2.45) is 0 Å². The number of rotatable bonds is 4. The Kier molecular flexibility index (Phi) is 4.88. The van der Waals surface area contributed by atoms with E-state index in [1.165, 1.54) is 16.5 Å². The number of aromatic nitrogens is 1. The predicted molar refractivity (Wildman–Crippen MR) is 100.0 cm³/mol. The SMILES string of the molecule is Fc1ccccc1-c1ccc(CN2CCNCC2c2ccncc2)s1. The quantitative estimate of drug-likeness (QED) is 0.765. The first-order chi connectivity index (χ1) is 12.3. The fourth-order valence-corrected chi connectivity index (χ4v) is 4.38. The van der Waals surface area contributed by atoms with Gasteiger partial charge >= 0.3 is 0 Å². The molecule has 1 aliphatic rings. The normalized spacial score (nSPS) is 18.4. The molecule has 3 nitrogen and oxygen atoms in total. The Morgan fingerprint density at radius 3 is 2.80 bits per heavy atom. The summed E-state index contributed by atoms with van der Waals surface area (Å²) in [6.45, 7) is 3.82. The molecule has 0 spiro atoms. The largest absolute Gasteiger partial charge is 0.314 e. The lowest BCUT2D eigenvalue weighted by atomic mass is 10.0. The lowest BCUT2D eigenvalue weighted by molar-refractivity contribution is 0.155. The van der Waals surface area contributed by atoms with Gasteiger partial charge < -0.3 is 5.32 Å². The highest BCUT2D eigenvalue weighted by atomic mass is 32.1. The van der Waals surface area contributed by atoms with Crippen LogP contribution in [-0.4, -0.2) is 29.5 Å². The van der Waals surface area contributed by atoms with E-state index in [0.29, 0.717) is 11.6 Å². The number of piperazine rings is 1. The number of halogens is 1. The molecule has 4 rings (SSSR count). The van der Waals surface area contributed by atoms with Crippen LogP contribution in [0.5, 0.6) is 0 Å². The molecule has 1 fully saturated rings. The van der Waals surface area contributed by atoms with Crippen molar-refractivity contribution in [2.75, 3.05) is 19.6 Å². The summed E-state index contributed by atoms with van der Waals surface area (Å²) in [6.07, 6.45) is 3.70. The maximum absolute atomic E-state index is 14.0. The van der Waals surface area contributed by atoms with Gasteiger partial charge in [0.05, 0.1) is 0 Å². The van der Waals surface area contributed by atoms with Crippen molar-refractivity contribution in [1.82, 2.24) is 15.2 Å². The molecule has 1 aromatic carbocycles. The topological polar surface area (TPSA) is 28.2 Å².